The number of amides is 1. The Balaban J connectivity index is 0.00000192. The summed E-state index contributed by atoms with van der Waals surface area (Å²) in [6.45, 7) is 1.42. The molecule has 3 rings (SSSR count). The molecule has 1 aliphatic heterocycles. The number of hydrogen-bond donors (Lipinski definition) is 1. The van der Waals surface area contributed by atoms with Crippen molar-refractivity contribution in [2.24, 2.45) is 5.73 Å². The summed E-state index contributed by atoms with van der Waals surface area (Å²) in [5, 5.41) is 4.36. The van der Waals surface area contributed by atoms with Gasteiger partial charge in [0.05, 0.1) is 11.9 Å². The molecular formula is C17H23ClN4O. The number of nitrogens with two attached hydrogens (primary N) is 1. The lowest BCUT2D eigenvalue weighted by Gasteiger charge is -2.23. The molecule has 124 valence electrons. The Labute approximate surface area is 142 Å². The van der Waals surface area contributed by atoms with E-state index in [0.29, 0.717) is 13.0 Å². The van der Waals surface area contributed by atoms with Crippen LogP contribution < -0.4 is 5.73 Å². The van der Waals surface area contributed by atoms with E-state index in [9.17, 15) is 4.79 Å². The average Bonchev–Trinajstić information content (AvgIpc) is 3.22. The van der Waals surface area contributed by atoms with Crippen molar-refractivity contribution in [2.75, 3.05) is 13.1 Å². The highest BCUT2D eigenvalue weighted by molar-refractivity contribution is 5.85. The highest BCUT2D eigenvalue weighted by Gasteiger charge is 2.26. The number of likely N-dealkylation sites (tertiary alicyclic amines) is 1. The lowest BCUT2D eigenvalue weighted by Crippen LogP contribution is -2.39. The number of halogens is 1. The molecular weight excluding hydrogens is 312 g/mol. The smallest absolute Gasteiger partial charge is 0.223 e. The van der Waals surface area contributed by atoms with Gasteiger partial charge in [-0.15, -0.1) is 12.4 Å². The average molecular weight is 335 g/mol. The molecule has 1 fully saturated rings. The summed E-state index contributed by atoms with van der Waals surface area (Å²) < 4.78 is 1.85. The lowest BCUT2D eigenvalue weighted by molar-refractivity contribution is -0.131. The Kier molecular flexibility index (Phi) is 6.19. The number of carbonyl (C=O) groups is 1. The van der Waals surface area contributed by atoms with Crippen LogP contribution >= 0.6 is 12.4 Å². The summed E-state index contributed by atoms with van der Waals surface area (Å²) in [6, 6.07) is 10.2. The largest absolute Gasteiger partial charge is 0.338 e. The summed E-state index contributed by atoms with van der Waals surface area (Å²) in [5.74, 6) is 0.209. The zero-order valence-corrected chi connectivity index (χ0v) is 13.9. The monoisotopic (exact) mass is 334 g/mol. The lowest BCUT2D eigenvalue weighted by atomic mass is 10.1. The van der Waals surface area contributed by atoms with Crippen LogP contribution in [-0.4, -0.2) is 39.7 Å². The fraction of sp³-hybridized carbons (Fsp3) is 0.412. The molecule has 5 nitrogen and oxygen atoms in total. The minimum absolute atomic E-state index is 0. The van der Waals surface area contributed by atoms with Crippen LogP contribution in [0.15, 0.2) is 42.7 Å². The predicted octanol–water partition coefficient (Wildman–Crippen LogP) is 2.18. The molecule has 6 heteroatoms. The Morgan fingerprint density at radius 2 is 2.09 bits per heavy atom. The van der Waals surface area contributed by atoms with E-state index in [4.69, 9.17) is 5.73 Å². The van der Waals surface area contributed by atoms with Gasteiger partial charge in [0, 0.05) is 31.7 Å². The van der Waals surface area contributed by atoms with Crippen molar-refractivity contribution in [3.8, 4) is 5.69 Å². The van der Waals surface area contributed by atoms with Gasteiger partial charge in [0.2, 0.25) is 5.91 Å². The van der Waals surface area contributed by atoms with Crippen molar-refractivity contribution in [3.05, 3.63) is 48.3 Å². The standard InChI is InChI=1S/C17H22N4O.ClH/c18-11-16-7-4-10-20(16)17(22)9-8-14-12-19-21(13-14)15-5-2-1-3-6-15;/h1-3,5-6,12-13,16H,4,7-11,18H2;1H. The van der Waals surface area contributed by atoms with Crippen LogP contribution in [0, 0.1) is 0 Å². The summed E-state index contributed by atoms with van der Waals surface area (Å²) >= 11 is 0. The van der Waals surface area contributed by atoms with Gasteiger partial charge in [-0.05, 0) is 37.0 Å². The van der Waals surface area contributed by atoms with Crippen LogP contribution in [0.25, 0.3) is 5.69 Å². The molecule has 0 bridgehead atoms. The van der Waals surface area contributed by atoms with Gasteiger partial charge < -0.3 is 10.6 Å². The molecule has 2 heterocycles. The molecule has 0 aliphatic carbocycles. The van der Waals surface area contributed by atoms with Gasteiger partial charge in [-0.1, -0.05) is 18.2 Å². The summed E-state index contributed by atoms with van der Waals surface area (Å²) in [7, 11) is 0. The fourth-order valence-corrected chi connectivity index (χ4v) is 3.02. The fourth-order valence-electron chi connectivity index (χ4n) is 3.02. The Morgan fingerprint density at radius 3 is 2.83 bits per heavy atom. The molecule has 0 spiro atoms. The van der Waals surface area contributed by atoms with Crippen molar-refractivity contribution >= 4 is 18.3 Å². The third kappa shape index (κ3) is 4.12. The highest BCUT2D eigenvalue weighted by Crippen LogP contribution is 2.18. The Bertz CT molecular complexity index is 629. The van der Waals surface area contributed by atoms with E-state index in [0.717, 1.165) is 37.1 Å². The van der Waals surface area contributed by atoms with Gasteiger partial charge in [0.15, 0.2) is 0 Å². The SMILES string of the molecule is Cl.NCC1CCCN1C(=O)CCc1cnn(-c2ccccc2)c1. The maximum absolute atomic E-state index is 12.3. The van der Waals surface area contributed by atoms with Gasteiger partial charge in [-0.25, -0.2) is 4.68 Å². The van der Waals surface area contributed by atoms with Crippen molar-refractivity contribution < 1.29 is 4.79 Å². The second-order valence-electron chi connectivity index (χ2n) is 5.75. The molecule has 1 aliphatic rings. The minimum atomic E-state index is 0. The molecule has 1 unspecified atom stereocenters. The zero-order chi connectivity index (χ0) is 15.4. The van der Waals surface area contributed by atoms with Gasteiger partial charge in [0.25, 0.3) is 0 Å². The molecule has 23 heavy (non-hydrogen) atoms. The molecule has 1 aromatic carbocycles. The highest BCUT2D eigenvalue weighted by atomic mass is 35.5. The van der Waals surface area contributed by atoms with Crippen molar-refractivity contribution in [1.29, 1.82) is 0 Å². The van der Waals surface area contributed by atoms with E-state index < -0.39 is 0 Å². The minimum Gasteiger partial charge on any atom is -0.338 e. The van der Waals surface area contributed by atoms with Crippen molar-refractivity contribution in [1.82, 2.24) is 14.7 Å². The number of benzene rings is 1. The van der Waals surface area contributed by atoms with Crippen LogP contribution in [0.1, 0.15) is 24.8 Å². The number of nitrogens with zero attached hydrogens (tertiary/aromatic N) is 3. The number of para-hydroxylation sites is 1. The Morgan fingerprint density at radius 1 is 1.30 bits per heavy atom. The Hall–Kier alpha value is -1.85. The molecule has 1 saturated heterocycles. The van der Waals surface area contributed by atoms with Crippen LogP contribution in [0.4, 0.5) is 0 Å². The van der Waals surface area contributed by atoms with E-state index in [1.165, 1.54) is 0 Å². The molecule has 1 atom stereocenters. The maximum atomic E-state index is 12.3. The normalized spacial score (nSPS) is 17.1. The molecule has 1 aromatic heterocycles. The number of aryl methyl sites for hydroxylation is 1. The summed E-state index contributed by atoms with van der Waals surface area (Å²) in [4.78, 5) is 14.3. The third-order valence-corrected chi connectivity index (χ3v) is 4.25. The van der Waals surface area contributed by atoms with Crippen LogP contribution in [0.2, 0.25) is 0 Å². The van der Waals surface area contributed by atoms with Crippen LogP contribution in [0.3, 0.4) is 0 Å². The van der Waals surface area contributed by atoms with E-state index >= 15 is 0 Å². The van der Waals surface area contributed by atoms with Gasteiger partial charge in [-0.3, -0.25) is 4.79 Å². The molecule has 1 amide bonds. The first-order valence-electron chi connectivity index (χ1n) is 7.86. The van der Waals surface area contributed by atoms with E-state index in [2.05, 4.69) is 5.10 Å². The summed E-state index contributed by atoms with van der Waals surface area (Å²) in [5.41, 5.74) is 7.84. The third-order valence-electron chi connectivity index (χ3n) is 4.25. The number of hydrogen-bond acceptors (Lipinski definition) is 3. The van der Waals surface area contributed by atoms with Gasteiger partial charge in [-0.2, -0.15) is 5.10 Å². The first kappa shape index (κ1) is 17.5. The molecule has 0 saturated carbocycles. The van der Waals surface area contributed by atoms with E-state index in [1.807, 2.05) is 52.3 Å². The molecule has 2 aromatic rings. The van der Waals surface area contributed by atoms with Crippen LogP contribution in [0.5, 0.6) is 0 Å². The second-order valence-corrected chi connectivity index (χ2v) is 5.75. The van der Waals surface area contributed by atoms with E-state index in [-0.39, 0.29) is 24.4 Å². The van der Waals surface area contributed by atoms with E-state index in [1.54, 1.807) is 0 Å². The van der Waals surface area contributed by atoms with Gasteiger partial charge >= 0.3 is 0 Å². The maximum Gasteiger partial charge on any atom is 0.223 e. The number of carbonyl (C=O) groups excluding carboxylic acids is 1. The number of rotatable bonds is 5. The molecule has 0 radical (unpaired) electrons. The second kappa shape index (κ2) is 8.13. The zero-order valence-electron chi connectivity index (χ0n) is 13.1. The van der Waals surface area contributed by atoms with Crippen LogP contribution in [-0.2, 0) is 11.2 Å². The predicted molar refractivity (Wildman–Crippen MR) is 92.9 cm³/mol. The quantitative estimate of drug-likeness (QED) is 0.911. The molecule has 2 N–H and O–H groups in total. The summed E-state index contributed by atoms with van der Waals surface area (Å²) in [6.07, 6.45) is 7.18. The van der Waals surface area contributed by atoms with Crippen molar-refractivity contribution in [2.45, 2.75) is 31.7 Å². The first-order chi connectivity index (χ1) is 10.8. The topological polar surface area (TPSA) is 64.2 Å². The van der Waals surface area contributed by atoms with Gasteiger partial charge in [0.1, 0.15) is 0 Å². The van der Waals surface area contributed by atoms with Crippen molar-refractivity contribution in [3.63, 3.8) is 0 Å². The first-order valence-corrected chi connectivity index (χ1v) is 7.86. The number of aromatic nitrogens is 2.